The van der Waals surface area contributed by atoms with E-state index in [2.05, 4.69) is 20.3 Å². The average molecular weight is 194 g/mol. The summed E-state index contributed by atoms with van der Waals surface area (Å²) in [5.41, 5.74) is 0.986. The van der Waals surface area contributed by atoms with Gasteiger partial charge in [-0.25, -0.2) is 9.97 Å². The second kappa shape index (κ2) is 3.68. The molecule has 2 rings (SSSR count). The number of hydrogen-bond acceptors (Lipinski definition) is 4. The lowest BCUT2D eigenvalue weighted by Gasteiger charge is -1.91. The van der Waals surface area contributed by atoms with Crippen molar-refractivity contribution in [2.45, 2.75) is 6.54 Å². The van der Waals surface area contributed by atoms with Gasteiger partial charge in [-0.1, -0.05) is 0 Å². The van der Waals surface area contributed by atoms with Crippen molar-refractivity contribution in [2.75, 3.05) is 7.05 Å². The number of nitrogens with one attached hydrogen (secondary N) is 2. The van der Waals surface area contributed by atoms with E-state index in [1.807, 2.05) is 18.6 Å². The molecule has 0 fully saturated rings. The van der Waals surface area contributed by atoms with Crippen LogP contribution < -0.4 is 5.32 Å². The fourth-order valence-corrected chi connectivity index (χ4v) is 1.69. The number of nitrogens with zero attached hydrogens (tertiary/aromatic N) is 2. The maximum absolute atomic E-state index is 4.21. The van der Waals surface area contributed by atoms with Crippen molar-refractivity contribution in [1.29, 1.82) is 0 Å². The van der Waals surface area contributed by atoms with E-state index in [9.17, 15) is 0 Å². The molecule has 4 nitrogen and oxygen atoms in total. The Bertz CT molecular complexity index is 365. The molecule has 68 valence electrons. The summed E-state index contributed by atoms with van der Waals surface area (Å²) in [6, 6.07) is 0. The van der Waals surface area contributed by atoms with E-state index in [0.29, 0.717) is 0 Å². The van der Waals surface area contributed by atoms with Crippen molar-refractivity contribution in [2.24, 2.45) is 0 Å². The summed E-state index contributed by atoms with van der Waals surface area (Å²) >= 11 is 1.60. The maximum Gasteiger partial charge on any atom is 0.141 e. The highest BCUT2D eigenvalue weighted by Crippen LogP contribution is 2.18. The summed E-state index contributed by atoms with van der Waals surface area (Å²) in [5.74, 6) is 0.938. The van der Waals surface area contributed by atoms with Crippen LogP contribution in [-0.4, -0.2) is 22.0 Å². The van der Waals surface area contributed by atoms with Crippen molar-refractivity contribution in [3.63, 3.8) is 0 Å². The minimum atomic E-state index is 0.755. The molecule has 5 heteroatoms. The number of hydrogen-bond donors (Lipinski definition) is 2. The number of thiazole rings is 1. The zero-order chi connectivity index (χ0) is 9.10. The van der Waals surface area contributed by atoms with Crippen molar-refractivity contribution in [1.82, 2.24) is 20.3 Å². The molecule has 0 saturated heterocycles. The van der Waals surface area contributed by atoms with Crippen LogP contribution >= 0.6 is 11.3 Å². The number of aromatic amines is 1. The Hall–Kier alpha value is -1.20. The van der Waals surface area contributed by atoms with Crippen LogP contribution in [0.25, 0.3) is 10.7 Å². The van der Waals surface area contributed by atoms with E-state index < -0.39 is 0 Å². The Kier molecular flexibility index (Phi) is 2.37. The Balaban J connectivity index is 2.23. The van der Waals surface area contributed by atoms with Gasteiger partial charge in [0.15, 0.2) is 0 Å². The minimum Gasteiger partial charge on any atom is -0.339 e. The predicted octanol–water partition coefficient (Wildman–Crippen LogP) is 1.25. The Labute approximate surface area is 80.1 Å². The zero-order valence-electron chi connectivity index (χ0n) is 7.24. The van der Waals surface area contributed by atoms with Crippen molar-refractivity contribution >= 4 is 11.3 Å². The zero-order valence-corrected chi connectivity index (χ0v) is 8.06. The third kappa shape index (κ3) is 1.76. The molecule has 0 unspecified atom stereocenters. The van der Waals surface area contributed by atoms with E-state index in [-0.39, 0.29) is 0 Å². The molecule has 0 bridgehead atoms. The van der Waals surface area contributed by atoms with Crippen LogP contribution in [0.3, 0.4) is 0 Å². The van der Waals surface area contributed by atoms with Gasteiger partial charge in [-0.15, -0.1) is 11.3 Å². The number of rotatable bonds is 3. The van der Waals surface area contributed by atoms with Crippen molar-refractivity contribution in [3.8, 4) is 10.7 Å². The highest BCUT2D eigenvalue weighted by atomic mass is 32.1. The highest BCUT2D eigenvalue weighted by molar-refractivity contribution is 7.13. The molecule has 13 heavy (non-hydrogen) atoms. The molecule has 0 aliphatic carbocycles. The summed E-state index contributed by atoms with van der Waals surface area (Å²) in [4.78, 5) is 11.6. The summed E-state index contributed by atoms with van der Waals surface area (Å²) in [6.45, 7) is 0.755. The Morgan fingerprint density at radius 3 is 3.15 bits per heavy atom. The Morgan fingerprint density at radius 1 is 1.54 bits per heavy atom. The summed E-state index contributed by atoms with van der Waals surface area (Å²) in [7, 11) is 1.89. The number of aromatic nitrogens is 3. The normalized spacial score (nSPS) is 10.5. The van der Waals surface area contributed by atoms with Gasteiger partial charge in [-0.2, -0.15) is 0 Å². The molecule has 0 spiro atoms. The average Bonchev–Trinajstić information content (AvgIpc) is 2.70. The van der Waals surface area contributed by atoms with E-state index in [0.717, 1.165) is 23.1 Å². The van der Waals surface area contributed by atoms with Crippen LogP contribution in [0, 0.1) is 0 Å². The van der Waals surface area contributed by atoms with Crippen LogP contribution in [0.1, 0.15) is 5.82 Å². The molecule has 2 heterocycles. The number of imidazole rings is 1. The maximum atomic E-state index is 4.21. The minimum absolute atomic E-state index is 0.755. The first-order chi connectivity index (χ1) is 6.40. The number of H-pyrrole nitrogens is 1. The van der Waals surface area contributed by atoms with Gasteiger partial charge >= 0.3 is 0 Å². The van der Waals surface area contributed by atoms with Gasteiger partial charge in [0.1, 0.15) is 10.8 Å². The first-order valence-corrected chi connectivity index (χ1v) is 4.86. The van der Waals surface area contributed by atoms with E-state index in [4.69, 9.17) is 0 Å². The van der Waals surface area contributed by atoms with E-state index in [1.54, 1.807) is 17.5 Å². The first kappa shape index (κ1) is 8.40. The largest absolute Gasteiger partial charge is 0.339 e. The second-order valence-electron chi connectivity index (χ2n) is 2.61. The van der Waals surface area contributed by atoms with Gasteiger partial charge < -0.3 is 10.3 Å². The van der Waals surface area contributed by atoms with Gasteiger partial charge in [0, 0.05) is 11.6 Å². The van der Waals surface area contributed by atoms with Crippen LogP contribution in [-0.2, 0) is 6.54 Å². The summed E-state index contributed by atoms with van der Waals surface area (Å²) < 4.78 is 0. The SMILES string of the molecule is CNCc1ncc(-c2nccs2)[nH]1. The second-order valence-corrected chi connectivity index (χ2v) is 3.51. The molecule has 2 aromatic rings. The lowest BCUT2D eigenvalue weighted by molar-refractivity contribution is 0.772. The molecule has 0 amide bonds. The molecular weight excluding hydrogens is 184 g/mol. The van der Waals surface area contributed by atoms with E-state index >= 15 is 0 Å². The Morgan fingerprint density at radius 2 is 2.46 bits per heavy atom. The summed E-state index contributed by atoms with van der Waals surface area (Å²) in [5, 5.41) is 5.97. The molecule has 0 aromatic carbocycles. The van der Waals surface area contributed by atoms with Gasteiger partial charge in [-0.05, 0) is 7.05 Å². The van der Waals surface area contributed by atoms with Crippen LogP contribution in [0.2, 0.25) is 0 Å². The predicted molar refractivity (Wildman–Crippen MR) is 52.5 cm³/mol. The monoisotopic (exact) mass is 194 g/mol. The quantitative estimate of drug-likeness (QED) is 0.773. The standard InChI is InChI=1S/C8H10N4S/c1-9-5-7-11-4-6(12-7)8-10-2-3-13-8/h2-4,9H,5H2,1H3,(H,11,12). The molecule has 0 saturated carbocycles. The smallest absolute Gasteiger partial charge is 0.141 e. The van der Waals surface area contributed by atoms with E-state index in [1.165, 1.54) is 0 Å². The molecular formula is C8H10N4S. The van der Waals surface area contributed by atoms with Gasteiger partial charge in [0.25, 0.3) is 0 Å². The lowest BCUT2D eigenvalue weighted by Crippen LogP contribution is -2.06. The van der Waals surface area contributed by atoms with Crippen LogP contribution in [0.15, 0.2) is 17.8 Å². The fourth-order valence-electron chi connectivity index (χ4n) is 1.08. The molecule has 2 aromatic heterocycles. The van der Waals surface area contributed by atoms with Gasteiger partial charge in [-0.3, -0.25) is 0 Å². The van der Waals surface area contributed by atoms with Crippen LogP contribution in [0.4, 0.5) is 0 Å². The van der Waals surface area contributed by atoms with Gasteiger partial charge in [0.2, 0.25) is 0 Å². The highest BCUT2D eigenvalue weighted by Gasteiger charge is 2.03. The first-order valence-electron chi connectivity index (χ1n) is 3.98. The topological polar surface area (TPSA) is 53.6 Å². The molecule has 0 aliphatic heterocycles. The van der Waals surface area contributed by atoms with Crippen LogP contribution in [0.5, 0.6) is 0 Å². The molecule has 0 radical (unpaired) electrons. The fraction of sp³-hybridized carbons (Fsp3) is 0.250. The molecule has 2 N–H and O–H groups in total. The van der Waals surface area contributed by atoms with Gasteiger partial charge in [0.05, 0.1) is 18.4 Å². The molecule has 0 aliphatic rings. The third-order valence-electron chi connectivity index (χ3n) is 1.64. The third-order valence-corrected chi connectivity index (χ3v) is 2.44. The summed E-state index contributed by atoms with van der Waals surface area (Å²) in [6.07, 6.45) is 3.60. The van der Waals surface area contributed by atoms with Crippen molar-refractivity contribution < 1.29 is 0 Å². The lowest BCUT2D eigenvalue weighted by atomic mass is 10.5. The molecule has 0 atom stereocenters. The van der Waals surface area contributed by atoms with Crippen molar-refractivity contribution in [3.05, 3.63) is 23.6 Å².